The lowest BCUT2D eigenvalue weighted by Gasteiger charge is -2.40. The number of benzene rings is 2. The number of amides is 1. The fraction of sp³-hybridized carbons (Fsp3) is 0.346. The van der Waals surface area contributed by atoms with Crippen LogP contribution in [0.4, 0.5) is 0 Å². The maximum atomic E-state index is 13.1. The second-order valence-corrected chi connectivity index (χ2v) is 8.40. The average molecular weight is 418 g/mol. The van der Waals surface area contributed by atoms with Crippen LogP contribution in [0, 0.1) is 0 Å². The molecule has 2 heterocycles. The molecule has 0 radical (unpaired) electrons. The molecule has 2 saturated heterocycles. The minimum atomic E-state index is -0.516. The van der Waals surface area contributed by atoms with Gasteiger partial charge in [0.15, 0.2) is 6.10 Å². The fourth-order valence-electron chi connectivity index (χ4n) is 4.86. The number of quaternary nitrogens is 1. The van der Waals surface area contributed by atoms with Crippen LogP contribution in [0.5, 0.6) is 0 Å². The van der Waals surface area contributed by atoms with Gasteiger partial charge in [-0.15, -0.1) is 0 Å². The Labute approximate surface area is 183 Å². The summed E-state index contributed by atoms with van der Waals surface area (Å²) in [6, 6.07) is 21.6. The average Bonchev–Trinajstić information content (AvgIpc) is 2.85. The smallest absolute Gasteiger partial charge is 0.254 e. The monoisotopic (exact) mass is 417 g/mol. The van der Waals surface area contributed by atoms with Gasteiger partial charge in [0.25, 0.3) is 5.91 Å². The van der Waals surface area contributed by atoms with E-state index >= 15 is 0 Å². The number of piperazine rings is 1. The lowest BCUT2D eigenvalue weighted by molar-refractivity contribution is -0.929. The molecule has 0 saturated carbocycles. The Morgan fingerprint density at radius 1 is 0.871 bits per heavy atom. The Balaban J connectivity index is 1.25. The summed E-state index contributed by atoms with van der Waals surface area (Å²) in [5.74, 6) is 0.0522. The molecule has 0 bridgehead atoms. The minimum Gasteiger partial charge on any atom is -0.368 e. The zero-order valence-electron chi connectivity index (χ0n) is 17.6. The highest BCUT2D eigenvalue weighted by molar-refractivity contribution is 5.81. The van der Waals surface area contributed by atoms with Crippen molar-refractivity contribution in [3.63, 3.8) is 0 Å². The van der Waals surface area contributed by atoms with Gasteiger partial charge in [0.05, 0.1) is 32.8 Å². The highest BCUT2D eigenvalue weighted by Gasteiger charge is 2.38. The third kappa shape index (κ3) is 4.35. The summed E-state index contributed by atoms with van der Waals surface area (Å²) in [6.45, 7) is 3.59. The van der Waals surface area contributed by atoms with E-state index in [4.69, 9.17) is 9.47 Å². The normalized spacial score (nSPS) is 26.1. The highest BCUT2D eigenvalue weighted by atomic mass is 16.6. The molecule has 0 aromatic heterocycles. The number of rotatable bonds is 4. The van der Waals surface area contributed by atoms with E-state index in [1.165, 1.54) is 16.0 Å². The molecule has 5 nitrogen and oxygen atoms in total. The molecule has 2 fully saturated rings. The van der Waals surface area contributed by atoms with E-state index in [0.29, 0.717) is 6.61 Å². The Morgan fingerprint density at radius 3 is 2.06 bits per heavy atom. The van der Waals surface area contributed by atoms with Crippen molar-refractivity contribution in [2.75, 3.05) is 32.8 Å². The number of nitrogens with zero attached hydrogens (tertiary/aromatic N) is 1. The SMILES string of the molecule is O=C([C@@H]1CO[C@@H]2C=CC=C[C@@H]2O1)N1CC[NH+](C(c2ccccc2)c2ccccc2)CC1. The van der Waals surface area contributed by atoms with E-state index in [1.807, 2.05) is 29.2 Å². The van der Waals surface area contributed by atoms with Gasteiger partial charge < -0.3 is 19.3 Å². The van der Waals surface area contributed by atoms with Gasteiger partial charge in [0.1, 0.15) is 18.2 Å². The van der Waals surface area contributed by atoms with Crippen LogP contribution in [0.15, 0.2) is 85.0 Å². The summed E-state index contributed by atoms with van der Waals surface area (Å²) in [5.41, 5.74) is 2.63. The topological polar surface area (TPSA) is 43.2 Å². The maximum Gasteiger partial charge on any atom is 0.254 e. The summed E-state index contributed by atoms with van der Waals surface area (Å²) >= 11 is 0. The van der Waals surface area contributed by atoms with Crippen LogP contribution < -0.4 is 4.90 Å². The molecular weight excluding hydrogens is 388 g/mol. The molecule has 1 amide bonds. The summed E-state index contributed by atoms with van der Waals surface area (Å²) in [5, 5.41) is 0. The molecule has 5 heteroatoms. The van der Waals surface area contributed by atoms with Crippen LogP contribution in [0.1, 0.15) is 17.2 Å². The molecule has 31 heavy (non-hydrogen) atoms. The largest absolute Gasteiger partial charge is 0.368 e. The first-order valence-electron chi connectivity index (χ1n) is 11.1. The second kappa shape index (κ2) is 9.18. The van der Waals surface area contributed by atoms with Crippen molar-refractivity contribution in [3.05, 3.63) is 96.1 Å². The quantitative estimate of drug-likeness (QED) is 0.825. The maximum absolute atomic E-state index is 13.1. The van der Waals surface area contributed by atoms with Crippen molar-refractivity contribution < 1.29 is 19.2 Å². The Morgan fingerprint density at radius 2 is 1.45 bits per heavy atom. The van der Waals surface area contributed by atoms with Crippen molar-refractivity contribution in [1.29, 1.82) is 0 Å². The van der Waals surface area contributed by atoms with Crippen LogP contribution in [-0.4, -0.2) is 61.9 Å². The number of hydrogen-bond acceptors (Lipinski definition) is 3. The van der Waals surface area contributed by atoms with Gasteiger partial charge in [-0.25, -0.2) is 0 Å². The number of ether oxygens (including phenoxy) is 2. The zero-order chi connectivity index (χ0) is 21.0. The van der Waals surface area contributed by atoms with Gasteiger partial charge in [-0.3, -0.25) is 4.79 Å². The Kier molecular flexibility index (Phi) is 5.98. The van der Waals surface area contributed by atoms with Gasteiger partial charge in [0, 0.05) is 11.1 Å². The fourth-order valence-corrected chi connectivity index (χ4v) is 4.86. The number of hydrogen-bond donors (Lipinski definition) is 1. The Hall–Kier alpha value is -2.73. The summed E-state index contributed by atoms with van der Waals surface area (Å²) in [6.07, 6.45) is 7.11. The van der Waals surface area contributed by atoms with Gasteiger partial charge in [-0.2, -0.15) is 0 Å². The van der Waals surface area contributed by atoms with Crippen molar-refractivity contribution in [2.45, 2.75) is 24.4 Å². The van der Waals surface area contributed by atoms with E-state index in [1.54, 1.807) is 0 Å². The number of carbonyl (C=O) groups is 1. The highest BCUT2D eigenvalue weighted by Crippen LogP contribution is 2.22. The molecule has 0 unspecified atom stereocenters. The molecule has 3 atom stereocenters. The molecule has 1 N–H and O–H groups in total. The zero-order valence-corrected chi connectivity index (χ0v) is 17.6. The Bertz CT molecular complexity index is 896. The summed E-state index contributed by atoms with van der Waals surface area (Å²) in [7, 11) is 0. The van der Waals surface area contributed by atoms with E-state index in [2.05, 4.69) is 60.7 Å². The van der Waals surface area contributed by atoms with Gasteiger partial charge >= 0.3 is 0 Å². The van der Waals surface area contributed by atoms with E-state index in [9.17, 15) is 4.79 Å². The van der Waals surface area contributed by atoms with Crippen molar-refractivity contribution in [3.8, 4) is 0 Å². The summed E-state index contributed by atoms with van der Waals surface area (Å²) < 4.78 is 11.9. The van der Waals surface area contributed by atoms with Crippen LogP contribution in [0.25, 0.3) is 0 Å². The molecule has 2 aromatic carbocycles. The van der Waals surface area contributed by atoms with Gasteiger partial charge in [0.2, 0.25) is 0 Å². The van der Waals surface area contributed by atoms with Crippen LogP contribution in [-0.2, 0) is 14.3 Å². The number of allylic oxidation sites excluding steroid dienone is 2. The van der Waals surface area contributed by atoms with Crippen LogP contribution in [0.2, 0.25) is 0 Å². The molecule has 2 aliphatic heterocycles. The molecular formula is C26H29N2O3+. The third-order valence-electron chi connectivity index (χ3n) is 6.46. The van der Waals surface area contributed by atoms with E-state index in [-0.39, 0.29) is 24.2 Å². The molecule has 2 aromatic rings. The van der Waals surface area contributed by atoms with Gasteiger partial charge in [-0.1, -0.05) is 85.0 Å². The first kappa shape index (κ1) is 20.2. The number of carbonyl (C=O) groups excluding carboxylic acids is 1. The standard InChI is InChI=1S/C26H28N2O3/c29-26(24-19-30-22-13-7-8-14-23(22)31-24)28-17-15-27(16-18-28)25(20-9-3-1-4-10-20)21-11-5-2-6-12-21/h1-14,22-25H,15-19H2/p+1/t22-,23+,24+/m1/s1. The van der Waals surface area contributed by atoms with Crippen molar-refractivity contribution in [2.24, 2.45) is 0 Å². The first-order chi connectivity index (χ1) is 15.3. The molecule has 3 aliphatic rings. The molecule has 5 rings (SSSR count). The first-order valence-corrected chi connectivity index (χ1v) is 11.1. The number of nitrogens with one attached hydrogen (secondary N) is 1. The summed E-state index contributed by atoms with van der Waals surface area (Å²) in [4.78, 5) is 16.6. The molecule has 1 aliphatic carbocycles. The van der Waals surface area contributed by atoms with E-state index < -0.39 is 6.10 Å². The predicted molar refractivity (Wildman–Crippen MR) is 119 cm³/mol. The lowest BCUT2D eigenvalue weighted by atomic mass is 9.96. The van der Waals surface area contributed by atoms with Crippen molar-refractivity contribution in [1.82, 2.24) is 4.90 Å². The predicted octanol–water partition coefficient (Wildman–Crippen LogP) is 1.78. The van der Waals surface area contributed by atoms with E-state index in [0.717, 1.165) is 26.2 Å². The van der Waals surface area contributed by atoms with Crippen molar-refractivity contribution >= 4 is 5.91 Å². The third-order valence-corrected chi connectivity index (χ3v) is 6.46. The molecule has 160 valence electrons. The lowest BCUT2D eigenvalue weighted by Crippen LogP contribution is -3.15. The second-order valence-electron chi connectivity index (χ2n) is 8.40. The van der Waals surface area contributed by atoms with Gasteiger partial charge in [-0.05, 0) is 0 Å². The molecule has 0 spiro atoms. The van der Waals surface area contributed by atoms with Crippen LogP contribution >= 0.6 is 0 Å². The number of fused-ring (bicyclic) bond motifs is 1. The minimum absolute atomic E-state index is 0.0522. The van der Waals surface area contributed by atoms with Crippen LogP contribution in [0.3, 0.4) is 0 Å².